The summed E-state index contributed by atoms with van der Waals surface area (Å²) >= 11 is 0. The van der Waals surface area contributed by atoms with Crippen molar-refractivity contribution < 1.29 is 0 Å². The quantitative estimate of drug-likeness (QED) is 0.524. The van der Waals surface area contributed by atoms with Gasteiger partial charge in [0.1, 0.15) is 0 Å². The smallest absolute Gasteiger partial charge is 0.0211 e. The Morgan fingerprint density at radius 3 is 1.90 bits per heavy atom. The van der Waals surface area contributed by atoms with Crippen molar-refractivity contribution >= 4 is 0 Å². The zero-order valence-electron chi connectivity index (χ0n) is 7.72. The van der Waals surface area contributed by atoms with Gasteiger partial charge in [-0.1, -0.05) is 33.8 Å². The van der Waals surface area contributed by atoms with E-state index >= 15 is 0 Å². The van der Waals surface area contributed by atoms with Crippen LogP contribution in [0, 0.1) is 17.8 Å². The molecule has 60 valence electrons. The van der Waals surface area contributed by atoms with Crippen LogP contribution in [-0.4, -0.2) is 0 Å². The van der Waals surface area contributed by atoms with Gasteiger partial charge in [-0.15, -0.1) is 6.58 Å². The average molecular weight is 140 g/mol. The Labute approximate surface area is 65.3 Å². The second-order valence-electron chi connectivity index (χ2n) is 3.41. The first-order valence-corrected chi connectivity index (χ1v) is 4.26. The van der Waals surface area contributed by atoms with Crippen LogP contribution in [0.1, 0.15) is 34.1 Å². The molecule has 0 radical (unpaired) electrons. The van der Waals surface area contributed by atoms with Crippen LogP contribution in [-0.2, 0) is 0 Å². The van der Waals surface area contributed by atoms with Crippen molar-refractivity contribution in [2.24, 2.45) is 17.8 Å². The van der Waals surface area contributed by atoms with Crippen molar-refractivity contribution in [2.75, 3.05) is 0 Å². The van der Waals surface area contributed by atoms with Gasteiger partial charge in [-0.3, -0.25) is 0 Å². The molecule has 0 nitrogen and oxygen atoms in total. The monoisotopic (exact) mass is 140 g/mol. The minimum Gasteiger partial charge on any atom is -0.103 e. The summed E-state index contributed by atoms with van der Waals surface area (Å²) in [4.78, 5) is 0. The molecule has 10 heavy (non-hydrogen) atoms. The number of rotatable bonds is 4. The molecule has 0 saturated heterocycles. The van der Waals surface area contributed by atoms with Gasteiger partial charge in [0, 0.05) is 0 Å². The Bertz CT molecular complexity index is 92.2. The molecule has 0 bridgehead atoms. The van der Waals surface area contributed by atoms with Crippen LogP contribution >= 0.6 is 0 Å². The molecule has 0 aliphatic heterocycles. The summed E-state index contributed by atoms with van der Waals surface area (Å²) in [5.41, 5.74) is 0. The van der Waals surface area contributed by atoms with Gasteiger partial charge >= 0.3 is 0 Å². The fraction of sp³-hybridized carbons (Fsp3) is 0.800. The van der Waals surface area contributed by atoms with E-state index in [4.69, 9.17) is 0 Å². The minimum atomic E-state index is 0.708. The minimum absolute atomic E-state index is 0.708. The Balaban J connectivity index is 3.87. The van der Waals surface area contributed by atoms with Crippen molar-refractivity contribution in [2.45, 2.75) is 34.1 Å². The zero-order chi connectivity index (χ0) is 8.15. The van der Waals surface area contributed by atoms with Gasteiger partial charge in [-0.05, 0) is 24.2 Å². The molecular weight excluding hydrogens is 120 g/mol. The van der Waals surface area contributed by atoms with E-state index in [2.05, 4.69) is 40.3 Å². The highest BCUT2D eigenvalue weighted by Crippen LogP contribution is 2.23. The van der Waals surface area contributed by atoms with Crippen molar-refractivity contribution in [3.05, 3.63) is 12.7 Å². The van der Waals surface area contributed by atoms with Crippen LogP contribution in [0.25, 0.3) is 0 Å². The maximum Gasteiger partial charge on any atom is -0.0211 e. The maximum atomic E-state index is 3.84. The molecule has 0 amide bonds. The molecule has 0 aliphatic carbocycles. The molecular formula is C10H20. The summed E-state index contributed by atoms with van der Waals surface area (Å²) in [6, 6.07) is 0. The van der Waals surface area contributed by atoms with Crippen LogP contribution in [0.15, 0.2) is 12.7 Å². The van der Waals surface area contributed by atoms with E-state index in [0.717, 1.165) is 11.8 Å². The molecule has 0 aromatic heterocycles. The van der Waals surface area contributed by atoms with Crippen LogP contribution < -0.4 is 0 Å². The molecule has 0 aromatic rings. The molecule has 0 rings (SSSR count). The first-order valence-electron chi connectivity index (χ1n) is 4.26. The summed E-state index contributed by atoms with van der Waals surface area (Å²) in [6.45, 7) is 12.9. The van der Waals surface area contributed by atoms with E-state index in [-0.39, 0.29) is 0 Å². The normalized spacial score (nSPS) is 16.9. The Morgan fingerprint density at radius 2 is 1.80 bits per heavy atom. The van der Waals surface area contributed by atoms with Crippen molar-refractivity contribution in [3.8, 4) is 0 Å². The topological polar surface area (TPSA) is 0 Å². The third-order valence-electron chi connectivity index (χ3n) is 2.50. The lowest BCUT2D eigenvalue weighted by Crippen LogP contribution is -2.13. The summed E-state index contributed by atoms with van der Waals surface area (Å²) in [7, 11) is 0. The summed E-state index contributed by atoms with van der Waals surface area (Å²) in [6.07, 6.45) is 3.31. The molecule has 0 heterocycles. The molecule has 0 fully saturated rings. The molecule has 0 saturated carbocycles. The molecule has 0 aromatic carbocycles. The van der Waals surface area contributed by atoms with Gasteiger partial charge in [0.2, 0.25) is 0 Å². The third-order valence-corrected chi connectivity index (χ3v) is 2.50. The van der Waals surface area contributed by atoms with Crippen molar-refractivity contribution in [1.82, 2.24) is 0 Å². The van der Waals surface area contributed by atoms with Gasteiger partial charge in [0.15, 0.2) is 0 Å². The fourth-order valence-corrected chi connectivity index (χ4v) is 1.25. The molecule has 0 heteroatoms. The van der Waals surface area contributed by atoms with Crippen LogP contribution in [0.2, 0.25) is 0 Å². The number of allylic oxidation sites excluding steroid dienone is 1. The molecule has 2 atom stereocenters. The highest BCUT2D eigenvalue weighted by molar-refractivity contribution is 4.82. The fourth-order valence-electron chi connectivity index (χ4n) is 1.25. The highest BCUT2D eigenvalue weighted by Gasteiger charge is 2.14. The van der Waals surface area contributed by atoms with Gasteiger partial charge in [-0.25, -0.2) is 0 Å². The molecule has 1 unspecified atom stereocenters. The Kier molecular flexibility index (Phi) is 4.42. The molecule has 0 spiro atoms. The Morgan fingerprint density at radius 1 is 1.30 bits per heavy atom. The second kappa shape index (κ2) is 4.54. The van der Waals surface area contributed by atoms with Crippen LogP contribution in [0.4, 0.5) is 0 Å². The second-order valence-corrected chi connectivity index (χ2v) is 3.41. The summed E-state index contributed by atoms with van der Waals surface area (Å²) in [5, 5.41) is 0. The van der Waals surface area contributed by atoms with Crippen molar-refractivity contribution in [3.63, 3.8) is 0 Å². The predicted octanol–water partition coefficient (Wildman–Crippen LogP) is 3.49. The molecule has 0 aliphatic rings. The van der Waals surface area contributed by atoms with Gasteiger partial charge in [-0.2, -0.15) is 0 Å². The third kappa shape index (κ3) is 2.55. The van der Waals surface area contributed by atoms with E-state index in [0.29, 0.717) is 5.92 Å². The van der Waals surface area contributed by atoms with E-state index in [1.165, 1.54) is 6.42 Å². The standard InChI is InChI=1S/C10H20/c1-6-10(7-2)9(5)8(3)4/h6,8-10H,1,7H2,2-5H3/t9?,10-/m0/s1. The highest BCUT2D eigenvalue weighted by atomic mass is 14.2. The molecule has 0 N–H and O–H groups in total. The van der Waals surface area contributed by atoms with Crippen LogP contribution in [0.5, 0.6) is 0 Å². The van der Waals surface area contributed by atoms with E-state index in [1.807, 2.05) is 0 Å². The number of hydrogen-bond donors (Lipinski definition) is 0. The predicted molar refractivity (Wildman–Crippen MR) is 48.0 cm³/mol. The van der Waals surface area contributed by atoms with Crippen LogP contribution in [0.3, 0.4) is 0 Å². The lowest BCUT2D eigenvalue weighted by atomic mass is 9.83. The van der Waals surface area contributed by atoms with Crippen molar-refractivity contribution in [1.29, 1.82) is 0 Å². The summed E-state index contributed by atoms with van der Waals surface area (Å²) < 4.78 is 0. The average Bonchev–Trinajstić information content (AvgIpc) is 1.90. The number of hydrogen-bond acceptors (Lipinski definition) is 0. The van der Waals surface area contributed by atoms with Gasteiger partial charge < -0.3 is 0 Å². The maximum absolute atomic E-state index is 3.84. The SMILES string of the molecule is C=C[C@@H](CC)C(C)C(C)C. The van der Waals surface area contributed by atoms with E-state index in [1.54, 1.807) is 0 Å². The van der Waals surface area contributed by atoms with E-state index < -0.39 is 0 Å². The van der Waals surface area contributed by atoms with E-state index in [9.17, 15) is 0 Å². The van der Waals surface area contributed by atoms with Gasteiger partial charge in [0.25, 0.3) is 0 Å². The largest absolute Gasteiger partial charge is 0.103 e. The first-order chi connectivity index (χ1) is 4.63. The van der Waals surface area contributed by atoms with Gasteiger partial charge in [0.05, 0.1) is 0 Å². The Hall–Kier alpha value is -0.260. The first kappa shape index (κ1) is 9.74. The lowest BCUT2D eigenvalue weighted by Gasteiger charge is -2.22. The summed E-state index contributed by atoms with van der Waals surface area (Å²) in [5.74, 6) is 2.27. The zero-order valence-corrected chi connectivity index (χ0v) is 7.72. The lowest BCUT2D eigenvalue weighted by molar-refractivity contribution is 0.318.